The summed E-state index contributed by atoms with van der Waals surface area (Å²) in [6.45, 7) is 0. The zero-order chi connectivity index (χ0) is 19.1. The predicted octanol–water partition coefficient (Wildman–Crippen LogP) is 3.22. The molecule has 3 amide bonds. The van der Waals surface area contributed by atoms with Crippen molar-refractivity contribution in [2.75, 3.05) is 5.75 Å². The molecule has 0 saturated heterocycles. The highest BCUT2D eigenvalue weighted by Crippen LogP contribution is 2.55. The molecule has 0 radical (unpaired) electrons. The van der Waals surface area contributed by atoms with Crippen LogP contribution in [0.3, 0.4) is 0 Å². The van der Waals surface area contributed by atoms with Crippen LogP contribution in [0.1, 0.15) is 38.5 Å². The summed E-state index contributed by atoms with van der Waals surface area (Å²) in [5.74, 6) is 2.57. The number of nitrogens with zero attached hydrogens (tertiary/aromatic N) is 2. The van der Waals surface area contributed by atoms with Crippen LogP contribution in [0.25, 0.3) is 11.7 Å². The fourth-order valence-electron chi connectivity index (χ4n) is 5.59. The van der Waals surface area contributed by atoms with Gasteiger partial charge in [0.05, 0.1) is 12.0 Å². The van der Waals surface area contributed by atoms with E-state index in [4.69, 9.17) is 8.83 Å². The van der Waals surface area contributed by atoms with E-state index < -0.39 is 6.03 Å². The number of rotatable bonds is 5. The van der Waals surface area contributed by atoms with E-state index in [1.165, 1.54) is 25.5 Å². The fourth-order valence-corrected chi connectivity index (χ4v) is 6.16. The van der Waals surface area contributed by atoms with Gasteiger partial charge in [-0.2, -0.15) is 0 Å². The molecule has 0 unspecified atom stereocenters. The van der Waals surface area contributed by atoms with Gasteiger partial charge in [0.25, 0.3) is 11.1 Å². The van der Waals surface area contributed by atoms with Gasteiger partial charge in [0.2, 0.25) is 5.91 Å². The van der Waals surface area contributed by atoms with Crippen molar-refractivity contribution >= 4 is 23.7 Å². The highest BCUT2D eigenvalue weighted by atomic mass is 32.2. The van der Waals surface area contributed by atoms with Gasteiger partial charge in [0.1, 0.15) is 0 Å². The van der Waals surface area contributed by atoms with Crippen molar-refractivity contribution in [3.63, 3.8) is 0 Å². The van der Waals surface area contributed by atoms with Gasteiger partial charge < -0.3 is 14.2 Å². The van der Waals surface area contributed by atoms with Crippen molar-refractivity contribution in [2.45, 2.75) is 49.3 Å². The Balaban J connectivity index is 1.12. The van der Waals surface area contributed by atoms with Gasteiger partial charge in [0.15, 0.2) is 5.76 Å². The molecule has 2 aromatic heterocycles. The summed E-state index contributed by atoms with van der Waals surface area (Å²) >= 11 is 1.08. The number of furan rings is 1. The number of hydrogen-bond donors (Lipinski definition) is 2. The van der Waals surface area contributed by atoms with Crippen molar-refractivity contribution < 1.29 is 18.4 Å². The Bertz CT molecular complexity index is 843. The first-order valence-corrected chi connectivity index (χ1v) is 10.7. The molecule has 0 aromatic carbocycles. The fraction of sp³-hybridized carbons (Fsp3) is 0.579. The lowest BCUT2D eigenvalue weighted by atomic mass is 9.53. The van der Waals surface area contributed by atoms with Crippen LogP contribution >= 0.6 is 11.8 Å². The van der Waals surface area contributed by atoms with E-state index in [1.807, 2.05) is 0 Å². The van der Waals surface area contributed by atoms with Gasteiger partial charge in [-0.1, -0.05) is 11.8 Å². The zero-order valence-corrected chi connectivity index (χ0v) is 16.2. The number of carbonyl (C=O) groups excluding carboxylic acids is 2. The monoisotopic (exact) mass is 402 g/mol. The molecule has 4 bridgehead atoms. The van der Waals surface area contributed by atoms with E-state index in [9.17, 15) is 9.59 Å². The molecular weight excluding hydrogens is 380 g/mol. The number of urea groups is 1. The second-order valence-electron chi connectivity index (χ2n) is 8.34. The Kier molecular flexibility index (Phi) is 4.41. The molecular formula is C19H22N4O4S. The van der Waals surface area contributed by atoms with E-state index >= 15 is 0 Å². The summed E-state index contributed by atoms with van der Waals surface area (Å²) in [5.41, 5.74) is -0.114. The Morgan fingerprint density at radius 1 is 1.14 bits per heavy atom. The topological polar surface area (TPSA) is 110 Å². The van der Waals surface area contributed by atoms with E-state index in [0.29, 0.717) is 5.76 Å². The average Bonchev–Trinajstić information content (AvgIpc) is 3.30. The second-order valence-corrected chi connectivity index (χ2v) is 9.27. The van der Waals surface area contributed by atoms with Crippen LogP contribution in [0.5, 0.6) is 0 Å². The van der Waals surface area contributed by atoms with Gasteiger partial charge in [-0.25, -0.2) is 4.79 Å². The van der Waals surface area contributed by atoms with Crippen LogP contribution in [-0.2, 0) is 4.79 Å². The van der Waals surface area contributed by atoms with Gasteiger partial charge in [-0.15, -0.1) is 10.2 Å². The van der Waals surface area contributed by atoms with Gasteiger partial charge in [-0.05, 0) is 68.4 Å². The minimum Gasteiger partial charge on any atom is -0.459 e. The summed E-state index contributed by atoms with van der Waals surface area (Å²) in [4.78, 5) is 24.5. The van der Waals surface area contributed by atoms with Crippen molar-refractivity contribution in [3.05, 3.63) is 18.4 Å². The molecule has 2 aromatic rings. The van der Waals surface area contributed by atoms with Crippen molar-refractivity contribution in [2.24, 2.45) is 17.8 Å². The predicted molar refractivity (Wildman–Crippen MR) is 100 cm³/mol. The van der Waals surface area contributed by atoms with Crippen LogP contribution in [0, 0.1) is 17.8 Å². The molecule has 0 aliphatic heterocycles. The molecule has 148 valence electrons. The van der Waals surface area contributed by atoms with Gasteiger partial charge >= 0.3 is 6.03 Å². The van der Waals surface area contributed by atoms with Crippen LogP contribution in [0.15, 0.2) is 32.5 Å². The minimum atomic E-state index is -0.394. The summed E-state index contributed by atoms with van der Waals surface area (Å²) < 4.78 is 10.6. The molecule has 4 aliphatic rings. The Labute approximate surface area is 166 Å². The molecule has 4 aliphatic carbocycles. The SMILES string of the molecule is O=C(CSc1nnc(-c2ccco2)o1)NC(=O)NC12CC3CC(CC(C3)C1)C2. The standard InChI is InChI=1S/C19H22N4O4S/c24-15(10-28-18-23-22-16(27-18)14-2-1-3-26-14)20-17(25)21-19-7-11-4-12(8-19)6-13(5-11)9-19/h1-3,11-13H,4-10H2,(H2,20,21,24,25). The quantitative estimate of drug-likeness (QED) is 0.739. The van der Waals surface area contributed by atoms with E-state index in [1.54, 1.807) is 12.1 Å². The Morgan fingerprint density at radius 3 is 2.50 bits per heavy atom. The molecule has 28 heavy (non-hydrogen) atoms. The number of thioether (sulfide) groups is 1. The number of aromatic nitrogens is 2. The average molecular weight is 402 g/mol. The van der Waals surface area contributed by atoms with E-state index in [-0.39, 0.29) is 28.3 Å². The van der Waals surface area contributed by atoms with Crippen LogP contribution in [0.4, 0.5) is 4.79 Å². The van der Waals surface area contributed by atoms with Crippen molar-refractivity contribution in [1.29, 1.82) is 0 Å². The minimum absolute atomic E-state index is 0.0219. The molecule has 4 fully saturated rings. The second kappa shape index (κ2) is 6.95. The molecule has 0 spiro atoms. The summed E-state index contributed by atoms with van der Waals surface area (Å²) in [7, 11) is 0. The molecule has 8 nitrogen and oxygen atoms in total. The summed E-state index contributed by atoms with van der Waals surface area (Å²) in [6.07, 6.45) is 8.59. The zero-order valence-electron chi connectivity index (χ0n) is 15.3. The molecule has 2 heterocycles. The maximum absolute atomic E-state index is 12.4. The number of imide groups is 1. The van der Waals surface area contributed by atoms with E-state index in [0.717, 1.165) is 48.8 Å². The third kappa shape index (κ3) is 3.55. The Hall–Kier alpha value is -2.29. The van der Waals surface area contributed by atoms with Crippen LogP contribution < -0.4 is 10.6 Å². The van der Waals surface area contributed by atoms with Crippen LogP contribution in [0.2, 0.25) is 0 Å². The lowest BCUT2D eigenvalue weighted by Gasteiger charge is -2.56. The van der Waals surface area contributed by atoms with Crippen molar-refractivity contribution in [1.82, 2.24) is 20.8 Å². The van der Waals surface area contributed by atoms with Gasteiger partial charge in [0, 0.05) is 5.54 Å². The number of hydrogen-bond acceptors (Lipinski definition) is 7. The molecule has 6 rings (SSSR count). The van der Waals surface area contributed by atoms with Crippen LogP contribution in [-0.4, -0.2) is 33.4 Å². The highest BCUT2D eigenvalue weighted by Gasteiger charge is 2.51. The molecule has 0 atom stereocenters. The smallest absolute Gasteiger partial charge is 0.321 e. The normalized spacial score (nSPS) is 30.4. The summed E-state index contributed by atoms with van der Waals surface area (Å²) in [6, 6.07) is 3.04. The van der Waals surface area contributed by atoms with Crippen molar-refractivity contribution in [3.8, 4) is 11.7 Å². The lowest BCUT2D eigenvalue weighted by molar-refractivity contribution is -0.117. The maximum atomic E-state index is 12.4. The summed E-state index contributed by atoms with van der Waals surface area (Å²) in [5, 5.41) is 13.6. The molecule has 2 N–H and O–H groups in total. The molecule has 9 heteroatoms. The van der Waals surface area contributed by atoms with E-state index in [2.05, 4.69) is 20.8 Å². The molecule has 4 saturated carbocycles. The first-order chi connectivity index (χ1) is 13.6. The maximum Gasteiger partial charge on any atom is 0.321 e. The Morgan fingerprint density at radius 2 is 1.86 bits per heavy atom. The lowest BCUT2D eigenvalue weighted by Crippen LogP contribution is -2.61. The first-order valence-electron chi connectivity index (χ1n) is 9.69. The largest absolute Gasteiger partial charge is 0.459 e. The highest BCUT2D eigenvalue weighted by molar-refractivity contribution is 7.99. The third-order valence-corrected chi connectivity index (χ3v) is 6.95. The van der Waals surface area contributed by atoms with Gasteiger partial charge in [-0.3, -0.25) is 10.1 Å². The number of nitrogens with one attached hydrogen (secondary N) is 2. The number of amides is 3. The first kappa shape index (κ1) is 17.8. The third-order valence-electron chi connectivity index (χ3n) is 6.14. The number of carbonyl (C=O) groups is 2.